The van der Waals surface area contributed by atoms with Crippen LogP contribution in [0.1, 0.15) is 5.56 Å². The molecule has 0 unspecified atom stereocenters. The van der Waals surface area contributed by atoms with Crippen molar-refractivity contribution in [1.82, 2.24) is 4.31 Å². The molecule has 4 rings (SSSR count). The van der Waals surface area contributed by atoms with E-state index < -0.39 is 34.5 Å². The Bertz CT molecular complexity index is 1320. The van der Waals surface area contributed by atoms with Crippen LogP contribution in [-0.2, 0) is 30.9 Å². The van der Waals surface area contributed by atoms with Crippen LogP contribution < -0.4 is 9.64 Å². The largest absolute Gasteiger partial charge is 0.475 e. The van der Waals surface area contributed by atoms with Gasteiger partial charge in [0.1, 0.15) is 5.75 Å². The van der Waals surface area contributed by atoms with Gasteiger partial charge in [0, 0.05) is 11.0 Å². The van der Waals surface area contributed by atoms with Crippen LogP contribution in [0.15, 0.2) is 88.2 Å². The lowest BCUT2D eigenvalue weighted by Gasteiger charge is -2.34. The zero-order valence-electron chi connectivity index (χ0n) is 18.8. The second-order valence-electron chi connectivity index (χ2n) is 7.81. The fourth-order valence-corrected chi connectivity index (χ4v) is 5.38. The third-order valence-electron chi connectivity index (χ3n) is 5.50. The van der Waals surface area contributed by atoms with Crippen molar-refractivity contribution in [2.24, 2.45) is 0 Å². The SMILES string of the molecule is COC(=O)[C@H]1CN(C(=O)CN(Cc2ccc(Br)cc2)S(=O)(=O)c2ccccc2)c2ccccc2O1. The Morgan fingerprint density at radius 2 is 1.69 bits per heavy atom. The predicted molar refractivity (Wildman–Crippen MR) is 133 cm³/mol. The summed E-state index contributed by atoms with van der Waals surface area (Å²) in [6.45, 7) is -0.543. The van der Waals surface area contributed by atoms with E-state index in [1.54, 1.807) is 54.6 Å². The van der Waals surface area contributed by atoms with Crippen molar-refractivity contribution in [1.29, 1.82) is 0 Å². The molecule has 0 aromatic heterocycles. The van der Waals surface area contributed by atoms with Crippen molar-refractivity contribution in [2.75, 3.05) is 25.1 Å². The quantitative estimate of drug-likeness (QED) is 0.411. The van der Waals surface area contributed by atoms with Crippen LogP contribution in [0.5, 0.6) is 5.75 Å². The molecule has 0 radical (unpaired) electrons. The molecule has 1 atom stereocenters. The van der Waals surface area contributed by atoms with Crippen molar-refractivity contribution in [3.8, 4) is 5.75 Å². The average molecular weight is 559 g/mol. The van der Waals surface area contributed by atoms with Gasteiger partial charge in [0.25, 0.3) is 0 Å². The highest BCUT2D eigenvalue weighted by Crippen LogP contribution is 2.34. The number of ether oxygens (including phenoxy) is 2. The first-order valence-electron chi connectivity index (χ1n) is 10.7. The molecular formula is C25H23BrN2O6S. The number of esters is 1. The van der Waals surface area contributed by atoms with E-state index >= 15 is 0 Å². The number of para-hydroxylation sites is 2. The first-order valence-corrected chi connectivity index (χ1v) is 13.0. The van der Waals surface area contributed by atoms with E-state index in [4.69, 9.17) is 9.47 Å². The molecule has 0 bridgehead atoms. The minimum atomic E-state index is -4.00. The van der Waals surface area contributed by atoms with Gasteiger partial charge in [0.15, 0.2) is 0 Å². The number of carbonyl (C=O) groups is 2. The number of halogens is 1. The van der Waals surface area contributed by atoms with Crippen LogP contribution in [0.25, 0.3) is 0 Å². The lowest BCUT2D eigenvalue weighted by atomic mass is 10.2. The van der Waals surface area contributed by atoms with Gasteiger partial charge in [-0.1, -0.05) is 58.4 Å². The van der Waals surface area contributed by atoms with Crippen molar-refractivity contribution < 1.29 is 27.5 Å². The number of nitrogens with zero attached hydrogens (tertiary/aromatic N) is 2. The van der Waals surface area contributed by atoms with Gasteiger partial charge in [-0.15, -0.1) is 0 Å². The molecule has 3 aromatic rings. The summed E-state index contributed by atoms with van der Waals surface area (Å²) in [5.74, 6) is -0.778. The molecule has 0 saturated heterocycles. The van der Waals surface area contributed by atoms with Gasteiger partial charge in [-0.2, -0.15) is 4.31 Å². The summed E-state index contributed by atoms with van der Waals surface area (Å²) in [6, 6.07) is 22.0. The minimum Gasteiger partial charge on any atom is -0.475 e. The first-order chi connectivity index (χ1) is 16.8. The van der Waals surface area contributed by atoms with E-state index in [-0.39, 0.29) is 18.0 Å². The van der Waals surface area contributed by atoms with Crippen molar-refractivity contribution >= 4 is 43.5 Å². The Kier molecular flexibility index (Phi) is 7.54. The summed E-state index contributed by atoms with van der Waals surface area (Å²) in [7, 11) is -2.76. The Morgan fingerprint density at radius 1 is 1.03 bits per heavy atom. The smallest absolute Gasteiger partial charge is 0.348 e. The summed E-state index contributed by atoms with van der Waals surface area (Å²) in [4.78, 5) is 27.2. The van der Waals surface area contributed by atoms with E-state index in [0.29, 0.717) is 11.4 Å². The molecule has 0 fully saturated rings. The standard InChI is InChI=1S/C25H23BrN2O6S/c1-33-25(30)23-16-28(21-9-5-6-10-22(21)34-23)24(29)17-27(15-18-11-13-19(26)14-12-18)35(31,32)20-7-3-2-4-8-20/h2-14,23H,15-17H2,1H3/t23-/m1/s1. The summed E-state index contributed by atoms with van der Waals surface area (Å²) in [5, 5.41) is 0. The number of carbonyl (C=O) groups excluding carboxylic acids is 2. The van der Waals surface area contributed by atoms with Gasteiger partial charge in [0.2, 0.25) is 22.0 Å². The third-order valence-corrected chi connectivity index (χ3v) is 7.84. The molecule has 8 nitrogen and oxygen atoms in total. The van der Waals surface area contributed by atoms with E-state index in [9.17, 15) is 18.0 Å². The molecule has 1 aliphatic heterocycles. The number of fused-ring (bicyclic) bond motifs is 1. The third kappa shape index (κ3) is 5.55. The number of anilines is 1. The molecule has 1 aliphatic rings. The van der Waals surface area contributed by atoms with Crippen LogP contribution in [0, 0.1) is 0 Å². The monoisotopic (exact) mass is 558 g/mol. The van der Waals surface area contributed by atoms with Crippen LogP contribution in [0.2, 0.25) is 0 Å². The second-order valence-corrected chi connectivity index (χ2v) is 10.7. The van der Waals surface area contributed by atoms with Gasteiger partial charge in [-0.05, 0) is 42.0 Å². The van der Waals surface area contributed by atoms with Gasteiger partial charge < -0.3 is 14.4 Å². The number of methoxy groups -OCH3 is 1. The van der Waals surface area contributed by atoms with Gasteiger partial charge in [-0.25, -0.2) is 13.2 Å². The molecule has 10 heteroatoms. The number of amides is 1. The lowest BCUT2D eigenvalue weighted by molar-refractivity contribution is -0.148. The minimum absolute atomic E-state index is 0.0112. The average Bonchev–Trinajstić information content (AvgIpc) is 2.88. The zero-order chi connectivity index (χ0) is 25.0. The number of hydrogen-bond donors (Lipinski definition) is 0. The van der Waals surface area contributed by atoms with Crippen molar-refractivity contribution in [3.63, 3.8) is 0 Å². The molecular weight excluding hydrogens is 536 g/mol. The summed E-state index contributed by atoms with van der Waals surface area (Å²) in [6.07, 6.45) is -1.02. The summed E-state index contributed by atoms with van der Waals surface area (Å²) >= 11 is 3.38. The van der Waals surface area contributed by atoms with Gasteiger partial charge in [0.05, 0.1) is 30.8 Å². The maximum Gasteiger partial charge on any atom is 0.348 e. The normalized spacial score (nSPS) is 15.3. The molecule has 3 aromatic carbocycles. The van der Waals surface area contributed by atoms with E-state index in [1.165, 1.54) is 24.1 Å². The molecule has 182 valence electrons. The van der Waals surface area contributed by atoms with Crippen LogP contribution in [0.4, 0.5) is 5.69 Å². The number of hydrogen-bond acceptors (Lipinski definition) is 6. The number of sulfonamides is 1. The van der Waals surface area contributed by atoms with Crippen LogP contribution >= 0.6 is 15.9 Å². The molecule has 1 amide bonds. The summed E-state index contributed by atoms with van der Waals surface area (Å²) < 4.78 is 39.6. The zero-order valence-corrected chi connectivity index (χ0v) is 21.2. The van der Waals surface area contributed by atoms with E-state index in [0.717, 1.165) is 14.3 Å². The molecule has 0 spiro atoms. The Balaban J connectivity index is 1.67. The first kappa shape index (κ1) is 24.9. The Labute approximate surface area is 212 Å². The van der Waals surface area contributed by atoms with Crippen molar-refractivity contribution in [3.05, 3.63) is 88.9 Å². The number of benzene rings is 3. The Morgan fingerprint density at radius 3 is 2.37 bits per heavy atom. The Hall–Kier alpha value is -3.21. The topological polar surface area (TPSA) is 93.2 Å². The van der Waals surface area contributed by atoms with Gasteiger partial charge >= 0.3 is 5.97 Å². The fourth-order valence-electron chi connectivity index (χ4n) is 3.72. The fraction of sp³-hybridized carbons (Fsp3) is 0.200. The maximum atomic E-state index is 13.6. The van der Waals surface area contributed by atoms with E-state index in [2.05, 4.69) is 15.9 Å². The second kappa shape index (κ2) is 10.6. The molecule has 0 saturated carbocycles. The van der Waals surface area contributed by atoms with Gasteiger partial charge in [-0.3, -0.25) is 4.79 Å². The van der Waals surface area contributed by atoms with Crippen molar-refractivity contribution in [2.45, 2.75) is 17.5 Å². The highest BCUT2D eigenvalue weighted by atomic mass is 79.9. The van der Waals surface area contributed by atoms with Crippen LogP contribution in [0.3, 0.4) is 0 Å². The highest BCUT2D eigenvalue weighted by Gasteiger charge is 2.36. The molecule has 0 aliphatic carbocycles. The lowest BCUT2D eigenvalue weighted by Crippen LogP contribution is -2.50. The maximum absolute atomic E-state index is 13.6. The highest BCUT2D eigenvalue weighted by molar-refractivity contribution is 9.10. The molecule has 0 N–H and O–H groups in total. The van der Waals surface area contributed by atoms with E-state index in [1.807, 2.05) is 12.1 Å². The molecule has 1 heterocycles. The molecule has 35 heavy (non-hydrogen) atoms. The number of rotatable bonds is 7. The van der Waals surface area contributed by atoms with Crippen LogP contribution in [-0.4, -0.2) is 50.9 Å². The summed E-state index contributed by atoms with van der Waals surface area (Å²) in [5.41, 5.74) is 1.17. The predicted octanol–water partition coefficient (Wildman–Crippen LogP) is 3.61.